The Morgan fingerprint density at radius 3 is 2.00 bits per heavy atom. The zero-order valence-corrected chi connectivity index (χ0v) is 6.53. The van der Waals surface area contributed by atoms with E-state index in [4.69, 9.17) is 0 Å². The van der Waals surface area contributed by atoms with Crippen molar-refractivity contribution in [1.29, 1.82) is 0 Å². The monoisotopic (exact) mass is 213 g/mol. The summed E-state index contributed by atoms with van der Waals surface area (Å²) in [6.07, 6.45) is -5.32. The van der Waals surface area contributed by atoms with Crippen molar-refractivity contribution >= 4 is 0 Å². The third kappa shape index (κ3) is 1.75. The summed E-state index contributed by atoms with van der Waals surface area (Å²) in [6, 6.07) is 1.04. The van der Waals surface area contributed by atoms with E-state index >= 15 is 0 Å². The Morgan fingerprint density at radius 1 is 1.07 bits per heavy atom. The number of hydrogen-bond acceptors (Lipinski definition) is 1. The summed E-state index contributed by atoms with van der Waals surface area (Å²) < 4.78 is 60.4. The molecule has 0 unspecified atom stereocenters. The van der Waals surface area contributed by atoms with Gasteiger partial charge in [0.25, 0.3) is 0 Å². The first-order valence-electron chi connectivity index (χ1n) is 3.39. The minimum atomic E-state index is -5.66. The summed E-state index contributed by atoms with van der Waals surface area (Å²) in [5.41, 5.74) is -2.03. The summed E-state index contributed by atoms with van der Waals surface area (Å²) in [7, 11) is 0. The van der Waals surface area contributed by atoms with Gasteiger partial charge in [-0.3, -0.25) is 4.79 Å². The molecule has 1 rings (SSSR count). The van der Waals surface area contributed by atoms with Gasteiger partial charge in [0.1, 0.15) is 0 Å². The molecule has 0 saturated carbocycles. The fourth-order valence-corrected chi connectivity index (χ4v) is 0.770. The van der Waals surface area contributed by atoms with Crippen LogP contribution in [0.3, 0.4) is 0 Å². The maximum absolute atomic E-state index is 12.5. The molecule has 1 aromatic heterocycles. The lowest BCUT2D eigenvalue weighted by Gasteiger charge is -2.19. The molecule has 1 N–H and O–H groups in total. The van der Waals surface area contributed by atoms with Crippen molar-refractivity contribution in [3.63, 3.8) is 0 Å². The van der Waals surface area contributed by atoms with Crippen LogP contribution in [-0.4, -0.2) is 11.2 Å². The van der Waals surface area contributed by atoms with Gasteiger partial charge in [0, 0.05) is 17.8 Å². The average molecular weight is 213 g/mol. The van der Waals surface area contributed by atoms with E-state index in [1.165, 1.54) is 0 Å². The molecule has 0 bridgehead atoms. The molecule has 0 atom stereocenters. The number of aromatic amines is 1. The van der Waals surface area contributed by atoms with Gasteiger partial charge in [-0.15, -0.1) is 0 Å². The van der Waals surface area contributed by atoms with Crippen LogP contribution >= 0.6 is 0 Å². The highest BCUT2D eigenvalue weighted by molar-refractivity contribution is 5.17. The molecule has 78 valence electrons. The van der Waals surface area contributed by atoms with Gasteiger partial charge in [-0.2, -0.15) is 22.0 Å². The Labute approximate surface area is 74.4 Å². The first kappa shape index (κ1) is 10.7. The Balaban J connectivity index is 3.17. The lowest BCUT2D eigenvalue weighted by molar-refractivity contribution is -0.289. The number of hydrogen-bond donors (Lipinski definition) is 1. The summed E-state index contributed by atoms with van der Waals surface area (Å²) in [6.45, 7) is 0. The smallest absolute Gasteiger partial charge is 0.329 e. The first-order valence-corrected chi connectivity index (χ1v) is 3.39. The molecule has 14 heavy (non-hydrogen) atoms. The predicted octanol–water partition coefficient (Wildman–Crippen LogP) is 2.03. The average Bonchev–Trinajstić information content (AvgIpc) is 2.03. The molecule has 7 heteroatoms. The second kappa shape index (κ2) is 3.07. The quantitative estimate of drug-likeness (QED) is 0.711. The molecule has 0 spiro atoms. The summed E-state index contributed by atoms with van der Waals surface area (Å²) in [5.74, 6) is -4.95. The van der Waals surface area contributed by atoms with Crippen LogP contribution in [-0.2, 0) is 5.92 Å². The lowest BCUT2D eigenvalue weighted by Crippen LogP contribution is -2.34. The maximum atomic E-state index is 12.5. The number of aromatic nitrogens is 1. The van der Waals surface area contributed by atoms with E-state index in [1.54, 1.807) is 4.98 Å². The van der Waals surface area contributed by atoms with Gasteiger partial charge in [0.2, 0.25) is 5.56 Å². The third-order valence-electron chi connectivity index (χ3n) is 1.50. The standard InChI is InChI=1S/C7H4F5NO/c8-6(9,7(10,11)12)4-1-2-5(14)13-3-4/h1-3H,(H,13,14). The van der Waals surface area contributed by atoms with Crippen molar-refractivity contribution in [2.45, 2.75) is 12.1 Å². The zero-order chi connectivity index (χ0) is 11.0. The van der Waals surface area contributed by atoms with Crippen LogP contribution < -0.4 is 5.56 Å². The van der Waals surface area contributed by atoms with Gasteiger partial charge in [0.05, 0.1) is 0 Å². The molecule has 0 aliphatic carbocycles. The predicted molar refractivity (Wildman–Crippen MR) is 37.0 cm³/mol. The molecule has 0 amide bonds. The van der Waals surface area contributed by atoms with Crippen molar-refractivity contribution in [3.8, 4) is 0 Å². The van der Waals surface area contributed by atoms with Crippen LogP contribution in [0.1, 0.15) is 5.56 Å². The Kier molecular flexibility index (Phi) is 2.34. The normalized spacial score (nSPS) is 12.9. The Hall–Kier alpha value is -1.40. The highest BCUT2D eigenvalue weighted by Crippen LogP contribution is 2.43. The fourth-order valence-electron chi connectivity index (χ4n) is 0.770. The summed E-state index contributed by atoms with van der Waals surface area (Å²) in [5, 5.41) is 0. The van der Waals surface area contributed by atoms with E-state index in [0.29, 0.717) is 18.3 Å². The lowest BCUT2D eigenvalue weighted by atomic mass is 10.1. The minimum Gasteiger partial charge on any atom is -0.329 e. The first-order chi connectivity index (χ1) is 6.25. The van der Waals surface area contributed by atoms with Crippen LogP contribution in [0.5, 0.6) is 0 Å². The molecule has 0 aliphatic heterocycles. The maximum Gasteiger partial charge on any atom is 0.458 e. The van der Waals surface area contributed by atoms with Crippen molar-refractivity contribution in [2.24, 2.45) is 0 Å². The molecule has 0 aliphatic rings. The summed E-state index contributed by atoms with van der Waals surface area (Å²) in [4.78, 5) is 12.2. The number of nitrogens with one attached hydrogen (secondary N) is 1. The van der Waals surface area contributed by atoms with Crippen LogP contribution in [0.15, 0.2) is 23.1 Å². The zero-order valence-electron chi connectivity index (χ0n) is 6.53. The van der Waals surface area contributed by atoms with E-state index in [1.807, 2.05) is 0 Å². The van der Waals surface area contributed by atoms with Gasteiger partial charge in [0.15, 0.2) is 0 Å². The van der Waals surface area contributed by atoms with Crippen molar-refractivity contribution < 1.29 is 22.0 Å². The molecule has 1 heterocycles. The highest BCUT2D eigenvalue weighted by Gasteiger charge is 2.58. The molecule has 2 nitrogen and oxygen atoms in total. The van der Waals surface area contributed by atoms with Crippen molar-refractivity contribution in [1.82, 2.24) is 4.98 Å². The minimum absolute atomic E-state index is 0.343. The number of halogens is 5. The van der Waals surface area contributed by atoms with E-state index in [2.05, 4.69) is 0 Å². The van der Waals surface area contributed by atoms with Gasteiger partial charge in [-0.1, -0.05) is 0 Å². The number of alkyl halides is 5. The largest absolute Gasteiger partial charge is 0.458 e. The Morgan fingerprint density at radius 2 is 1.64 bits per heavy atom. The number of pyridine rings is 1. The van der Waals surface area contributed by atoms with Gasteiger partial charge < -0.3 is 4.98 Å². The van der Waals surface area contributed by atoms with Crippen LogP contribution in [0.4, 0.5) is 22.0 Å². The molecule has 1 aromatic rings. The second-order valence-corrected chi connectivity index (χ2v) is 2.51. The van der Waals surface area contributed by atoms with Gasteiger partial charge in [-0.05, 0) is 6.07 Å². The fraction of sp³-hybridized carbons (Fsp3) is 0.286. The van der Waals surface area contributed by atoms with Gasteiger partial charge >= 0.3 is 12.1 Å². The Bertz CT molecular complexity index is 360. The van der Waals surface area contributed by atoms with Crippen LogP contribution in [0.25, 0.3) is 0 Å². The van der Waals surface area contributed by atoms with E-state index in [0.717, 1.165) is 0 Å². The number of rotatable bonds is 1. The topological polar surface area (TPSA) is 32.9 Å². The third-order valence-corrected chi connectivity index (χ3v) is 1.50. The molecule has 0 radical (unpaired) electrons. The summed E-state index contributed by atoms with van der Waals surface area (Å²) >= 11 is 0. The molecule has 0 saturated heterocycles. The second-order valence-electron chi connectivity index (χ2n) is 2.51. The molecular weight excluding hydrogens is 209 g/mol. The van der Waals surface area contributed by atoms with Crippen molar-refractivity contribution in [2.75, 3.05) is 0 Å². The highest BCUT2D eigenvalue weighted by atomic mass is 19.4. The number of H-pyrrole nitrogens is 1. The van der Waals surface area contributed by atoms with Crippen molar-refractivity contribution in [3.05, 3.63) is 34.2 Å². The van der Waals surface area contributed by atoms with Crippen LogP contribution in [0, 0.1) is 0 Å². The van der Waals surface area contributed by atoms with Crippen LogP contribution in [0.2, 0.25) is 0 Å². The van der Waals surface area contributed by atoms with E-state index in [-0.39, 0.29) is 0 Å². The SMILES string of the molecule is O=c1ccc(C(F)(F)C(F)(F)F)c[nH]1. The van der Waals surface area contributed by atoms with E-state index < -0.39 is 23.2 Å². The molecular formula is C7H4F5NO. The van der Waals surface area contributed by atoms with Gasteiger partial charge in [-0.25, -0.2) is 0 Å². The van der Waals surface area contributed by atoms with E-state index in [9.17, 15) is 26.7 Å². The molecule has 0 fully saturated rings. The molecule has 0 aromatic carbocycles.